The Hall–Kier alpha value is -3.02. The van der Waals surface area contributed by atoms with Crippen LogP contribution in [-0.2, 0) is 9.59 Å². The fourth-order valence-electron chi connectivity index (χ4n) is 1.85. The largest absolute Gasteiger partial charge is 0.397 e. The summed E-state index contributed by atoms with van der Waals surface area (Å²) in [5.74, 6) is 0. The Morgan fingerprint density at radius 2 is 1.15 bits per heavy atom. The van der Waals surface area contributed by atoms with Crippen LogP contribution in [0, 0.1) is 0 Å². The van der Waals surface area contributed by atoms with E-state index in [4.69, 9.17) is 11.5 Å². The molecule has 6 heteroatoms. The molecule has 0 fully saturated rings. The number of carbonyl (C=O) groups is 2. The molecule has 0 bridgehead atoms. The zero-order valence-electron chi connectivity index (χ0n) is 10.6. The number of nitrogens with one attached hydrogen (secondary N) is 2. The van der Waals surface area contributed by atoms with Crippen molar-refractivity contribution in [2.24, 2.45) is 0 Å². The van der Waals surface area contributed by atoms with Crippen LogP contribution in [0.15, 0.2) is 36.4 Å². The molecule has 2 rings (SSSR count). The van der Waals surface area contributed by atoms with Crippen LogP contribution in [0.4, 0.5) is 22.7 Å². The molecule has 0 spiro atoms. The third-order valence-electron chi connectivity index (χ3n) is 2.87. The summed E-state index contributed by atoms with van der Waals surface area (Å²) in [5, 5.41) is 5.07. The zero-order chi connectivity index (χ0) is 14.5. The number of carbonyl (C=O) groups excluding carboxylic acids is 2. The summed E-state index contributed by atoms with van der Waals surface area (Å²) in [6, 6.07) is 10.5. The van der Waals surface area contributed by atoms with Gasteiger partial charge in [-0.25, -0.2) is 0 Å². The molecule has 0 saturated carbocycles. The van der Waals surface area contributed by atoms with Gasteiger partial charge in [-0.2, -0.15) is 0 Å². The van der Waals surface area contributed by atoms with Crippen molar-refractivity contribution in [3.05, 3.63) is 36.4 Å². The second-order valence-corrected chi connectivity index (χ2v) is 4.13. The maximum atomic E-state index is 10.5. The Balaban J connectivity index is 2.45. The average molecular weight is 270 g/mol. The summed E-state index contributed by atoms with van der Waals surface area (Å²) >= 11 is 0. The minimum absolute atomic E-state index is 0.475. The van der Waals surface area contributed by atoms with Crippen LogP contribution in [0.3, 0.4) is 0 Å². The number of rotatable bonds is 5. The molecule has 6 nitrogen and oxygen atoms in total. The number of benzene rings is 2. The van der Waals surface area contributed by atoms with Gasteiger partial charge in [-0.15, -0.1) is 0 Å². The van der Waals surface area contributed by atoms with E-state index in [2.05, 4.69) is 10.6 Å². The number of hydrogen-bond acceptors (Lipinski definition) is 4. The van der Waals surface area contributed by atoms with E-state index in [-0.39, 0.29) is 0 Å². The maximum absolute atomic E-state index is 10.5. The first kappa shape index (κ1) is 13.4. The Bertz CT molecular complexity index is 598. The molecule has 6 N–H and O–H groups in total. The summed E-state index contributed by atoms with van der Waals surface area (Å²) in [4.78, 5) is 21.1. The van der Waals surface area contributed by atoms with E-state index in [1.807, 2.05) is 12.1 Å². The van der Waals surface area contributed by atoms with Crippen LogP contribution in [0.25, 0.3) is 11.1 Å². The quantitative estimate of drug-likeness (QED) is 0.489. The lowest BCUT2D eigenvalue weighted by molar-refractivity contribution is -0.106. The molecule has 0 unspecified atom stereocenters. The smallest absolute Gasteiger partial charge is 0.211 e. The number of nitrogens with two attached hydrogens (primary N) is 2. The molecule has 0 aliphatic heterocycles. The van der Waals surface area contributed by atoms with E-state index >= 15 is 0 Å². The van der Waals surface area contributed by atoms with Gasteiger partial charge in [0.05, 0.1) is 22.7 Å². The standard InChI is InChI=1S/C14H14N4O2/c15-11-3-1-9(5-13(11)17-7-19)10-2-4-12(16)14(6-10)18-8-20/h1-8H,15-16H2,(H,17,19)(H,18,20). The second kappa shape index (κ2) is 5.75. The van der Waals surface area contributed by atoms with Crippen LogP contribution in [0.1, 0.15) is 0 Å². The summed E-state index contributed by atoms with van der Waals surface area (Å²) in [6.45, 7) is 0. The lowest BCUT2D eigenvalue weighted by atomic mass is 10.0. The minimum atomic E-state index is 0.475. The van der Waals surface area contributed by atoms with Crippen molar-refractivity contribution in [3.8, 4) is 11.1 Å². The van der Waals surface area contributed by atoms with Crippen molar-refractivity contribution in [1.29, 1.82) is 0 Å². The van der Waals surface area contributed by atoms with Crippen molar-refractivity contribution in [2.45, 2.75) is 0 Å². The van der Waals surface area contributed by atoms with E-state index in [0.717, 1.165) is 11.1 Å². The van der Waals surface area contributed by atoms with Gasteiger partial charge in [0.15, 0.2) is 0 Å². The first-order chi connectivity index (χ1) is 9.65. The monoisotopic (exact) mass is 270 g/mol. The molecule has 102 valence electrons. The number of hydrogen-bond donors (Lipinski definition) is 4. The molecule has 0 saturated heterocycles. The third kappa shape index (κ3) is 2.69. The van der Waals surface area contributed by atoms with Crippen LogP contribution < -0.4 is 22.1 Å². The molecule has 0 atom stereocenters. The molecule has 0 radical (unpaired) electrons. The van der Waals surface area contributed by atoms with Crippen LogP contribution >= 0.6 is 0 Å². The van der Waals surface area contributed by atoms with E-state index in [1.54, 1.807) is 24.3 Å². The fourth-order valence-corrected chi connectivity index (χ4v) is 1.85. The summed E-state index contributed by atoms with van der Waals surface area (Å²) in [5.41, 5.74) is 15.2. The summed E-state index contributed by atoms with van der Waals surface area (Å²) < 4.78 is 0. The topological polar surface area (TPSA) is 110 Å². The first-order valence-corrected chi connectivity index (χ1v) is 5.85. The normalized spacial score (nSPS) is 9.80. The van der Waals surface area contributed by atoms with E-state index in [9.17, 15) is 9.59 Å². The van der Waals surface area contributed by atoms with Gasteiger partial charge in [0.2, 0.25) is 12.8 Å². The van der Waals surface area contributed by atoms with Gasteiger partial charge < -0.3 is 22.1 Å². The molecular weight excluding hydrogens is 256 g/mol. The van der Waals surface area contributed by atoms with E-state index < -0.39 is 0 Å². The van der Waals surface area contributed by atoms with Gasteiger partial charge in [-0.1, -0.05) is 12.1 Å². The number of nitrogen functional groups attached to an aromatic ring is 2. The van der Waals surface area contributed by atoms with Gasteiger partial charge in [0.25, 0.3) is 0 Å². The first-order valence-electron chi connectivity index (χ1n) is 5.85. The summed E-state index contributed by atoms with van der Waals surface area (Å²) in [7, 11) is 0. The Morgan fingerprint density at radius 1 is 0.750 bits per heavy atom. The predicted octanol–water partition coefficient (Wildman–Crippen LogP) is 1.65. The van der Waals surface area contributed by atoms with Gasteiger partial charge in [0.1, 0.15) is 0 Å². The Labute approximate surface area is 115 Å². The predicted molar refractivity (Wildman–Crippen MR) is 80.1 cm³/mol. The molecule has 0 heterocycles. The van der Waals surface area contributed by atoms with Gasteiger partial charge >= 0.3 is 0 Å². The highest BCUT2D eigenvalue weighted by Crippen LogP contribution is 2.30. The minimum Gasteiger partial charge on any atom is -0.397 e. The third-order valence-corrected chi connectivity index (χ3v) is 2.87. The second-order valence-electron chi connectivity index (χ2n) is 4.13. The van der Waals surface area contributed by atoms with Crippen LogP contribution in [0.2, 0.25) is 0 Å². The van der Waals surface area contributed by atoms with E-state index in [0.29, 0.717) is 35.6 Å². The molecule has 0 aliphatic rings. The average Bonchev–Trinajstić information content (AvgIpc) is 2.44. The highest BCUT2D eigenvalue weighted by molar-refractivity contribution is 5.87. The molecule has 0 aromatic heterocycles. The molecule has 2 amide bonds. The van der Waals surface area contributed by atoms with Crippen LogP contribution in [0.5, 0.6) is 0 Å². The van der Waals surface area contributed by atoms with Crippen molar-refractivity contribution in [1.82, 2.24) is 0 Å². The van der Waals surface area contributed by atoms with Crippen molar-refractivity contribution in [3.63, 3.8) is 0 Å². The molecule has 2 aromatic carbocycles. The lowest BCUT2D eigenvalue weighted by Crippen LogP contribution is -2.00. The molecule has 0 aliphatic carbocycles. The van der Waals surface area contributed by atoms with Crippen LogP contribution in [-0.4, -0.2) is 12.8 Å². The van der Waals surface area contributed by atoms with E-state index in [1.165, 1.54) is 0 Å². The van der Waals surface area contributed by atoms with Crippen molar-refractivity contribution >= 4 is 35.6 Å². The number of amides is 2. The summed E-state index contributed by atoms with van der Waals surface area (Å²) in [6.07, 6.45) is 1.13. The highest BCUT2D eigenvalue weighted by Gasteiger charge is 2.05. The Morgan fingerprint density at radius 3 is 1.50 bits per heavy atom. The van der Waals surface area contributed by atoms with Crippen molar-refractivity contribution < 1.29 is 9.59 Å². The van der Waals surface area contributed by atoms with Crippen molar-refractivity contribution in [2.75, 3.05) is 22.1 Å². The van der Waals surface area contributed by atoms with Gasteiger partial charge in [0, 0.05) is 0 Å². The fraction of sp³-hybridized carbons (Fsp3) is 0. The highest BCUT2D eigenvalue weighted by atomic mass is 16.1. The SMILES string of the molecule is Nc1ccc(-c2ccc(N)c(NC=O)c2)cc1NC=O. The van der Waals surface area contributed by atoms with Gasteiger partial charge in [-0.3, -0.25) is 9.59 Å². The molecule has 2 aromatic rings. The Kier molecular flexibility index (Phi) is 3.85. The lowest BCUT2D eigenvalue weighted by Gasteiger charge is -2.10. The van der Waals surface area contributed by atoms with Gasteiger partial charge in [-0.05, 0) is 35.4 Å². The maximum Gasteiger partial charge on any atom is 0.211 e. The molecular formula is C14H14N4O2. The number of anilines is 4. The molecule has 20 heavy (non-hydrogen) atoms. The zero-order valence-corrected chi connectivity index (χ0v) is 10.6.